The monoisotopic (exact) mass is 825 g/mol. The summed E-state index contributed by atoms with van der Waals surface area (Å²) in [5, 5.41) is 20.2. The first-order valence-corrected chi connectivity index (χ1v) is 22.0. The Balaban J connectivity index is 0.000000574. The van der Waals surface area contributed by atoms with Crippen LogP contribution < -0.4 is 10.2 Å². The Morgan fingerprint density at radius 2 is 1.45 bits per heavy atom. The van der Waals surface area contributed by atoms with Crippen LogP contribution in [0.3, 0.4) is 0 Å². The molecule has 6 nitrogen and oxygen atoms in total. The molecule has 58 heavy (non-hydrogen) atoms. The highest BCUT2D eigenvalue weighted by atomic mass is 32.1. The summed E-state index contributed by atoms with van der Waals surface area (Å²) in [4.78, 5) is 33.4. The number of thiophene rings is 3. The second kappa shape index (κ2) is 21.8. The molecule has 0 atom stereocenters. The number of rotatable bonds is 12. The Bertz CT molecular complexity index is 2360. The van der Waals surface area contributed by atoms with Crippen LogP contribution in [0.5, 0.6) is 0 Å². The highest BCUT2D eigenvalue weighted by Gasteiger charge is 2.22. The topological polar surface area (TPSA) is 93.5 Å². The van der Waals surface area contributed by atoms with E-state index in [1.165, 1.54) is 79.4 Å². The molecule has 0 aliphatic carbocycles. The zero-order valence-electron chi connectivity index (χ0n) is 33.6. The van der Waals surface area contributed by atoms with Crippen LogP contribution in [0.4, 0.5) is 17.1 Å². The van der Waals surface area contributed by atoms with Crippen molar-refractivity contribution in [1.82, 2.24) is 0 Å². The predicted octanol–water partition coefficient (Wildman–Crippen LogP) is 14.3. The lowest BCUT2D eigenvalue weighted by molar-refractivity contribution is -0.129. The Hall–Kier alpha value is -5.61. The van der Waals surface area contributed by atoms with E-state index in [0.717, 1.165) is 29.1 Å². The number of unbranched alkanes of at least 4 members (excludes halogenated alkanes) is 2. The first-order chi connectivity index (χ1) is 28.1. The average molecular weight is 826 g/mol. The van der Waals surface area contributed by atoms with Gasteiger partial charge in [0.1, 0.15) is 0 Å². The number of anilines is 3. The zero-order chi connectivity index (χ0) is 41.4. The van der Waals surface area contributed by atoms with E-state index in [-0.39, 0.29) is 5.57 Å². The lowest BCUT2D eigenvalue weighted by atomic mass is 9.98. The van der Waals surface area contributed by atoms with Crippen LogP contribution in [0.25, 0.3) is 36.0 Å². The molecule has 3 aromatic carbocycles. The minimum atomic E-state index is -1.46. The highest BCUT2D eigenvalue weighted by Crippen LogP contribution is 2.43. The fourth-order valence-corrected chi connectivity index (χ4v) is 9.39. The first-order valence-electron chi connectivity index (χ1n) is 19.6. The maximum Gasteiger partial charge on any atom is 0.354 e. The fraction of sp³-hybridized carbons (Fsp3) is 0.204. The van der Waals surface area contributed by atoms with Gasteiger partial charge in [-0.25, -0.2) is 4.79 Å². The molecule has 3 N–H and O–H groups in total. The van der Waals surface area contributed by atoms with Crippen molar-refractivity contribution >= 4 is 74.7 Å². The molecule has 1 aliphatic rings. The van der Waals surface area contributed by atoms with Gasteiger partial charge in [0.25, 0.3) is 5.91 Å². The minimum Gasteiger partial charge on any atom is -0.477 e. The Morgan fingerprint density at radius 1 is 0.828 bits per heavy atom. The molecular formula is C49H51N3O3S3. The SMILES string of the molecule is C=C/C=C\C.CCCCC.Cc1ccc(N2CCCc3cc(-c4ccc(-c5ccc(-c6ccc(/C=C(/C(=N)C(=O)O)C(=O)Nc7ccccc7)s6)s5)s4)ccc32)cc1. The second-order valence-corrected chi connectivity index (χ2v) is 16.9. The van der Waals surface area contributed by atoms with E-state index >= 15 is 0 Å². The standard InChI is InChI=1S/C39H31N3O3S3.C5H12.C5H8/c1-24-9-12-28(13-10-24)42-21-5-6-25-22-26(11-15-31(25)42)32-17-18-35(47-32)36-20-19-34(48-36)33-16-14-29(46-33)23-30(37(40)39(44)45)38(43)41-27-7-3-2-4-8-27;2*1-3-5-4-2/h2-4,7-20,22-23,40H,5-6,21H2,1H3,(H,41,43)(H,44,45);3-5H2,1-2H3;3-5H,1H2,2H3/b30-23-,40-37?;;5-4-. The highest BCUT2D eigenvalue weighted by molar-refractivity contribution is 7.27. The lowest BCUT2D eigenvalue weighted by Gasteiger charge is -2.31. The number of fused-ring (bicyclic) bond motifs is 1. The van der Waals surface area contributed by atoms with Crippen molar-refractivity contribution in [1.29, 1.82) is 5.41 Å². The molecule has 3 aromatic heterocycles. The van der Waals surface area contributed by atoms with E-state index in [1.54, 1.807) is 53.0 Å². The van der Waals surface area contributed by atoms with Crippen LogP contribution in [0.15, 0.2) is 140 Å². The molecule has 0 unspecified atom stereocenters. The van der Waals surface area contributed by atoms with Crippen LogP contribution in [0, 0.1) is 12.3 Å². The molecule has 0 bridgehead atoms. The number of hydrogen-bond acceptors (Lipinski definition) is 7. The molecule has 298 valence electrons. The number of nitrogens with one attached hydrogen (secondary N) is 2. The van der Waals surface area contributed by atoms with Gasteiger partial charge in [-0.15, -0.1) is 34.0 Å². The molecule has 0 saturated heterocycles. The first kappa shape index (κ1) is 43.5. The third kappa shape index (κ3) is 11.7. The number of carboxylic acid groups (broad SMARTS) is 1. The van der Waals surface area contributed by atoms with Gasteiger partial charge in [0, 0.05) is 52.9 Å². The minimum absolute atomic E-state index is 0.206. The van der Waals surface area contributed by atoms with E-state index in [2.05, 4.69) is 104 Å². The molecule has 1 aliphatic heterocycles. The van der Waals surface area contributed by atoms with Crippen LogP contribution in [-0.4, -0.2) is 29.2 Å². The number of allylic oxidation sites excluding steroid dienone is 3. The van der Waals surface area contributed by atoms with Crippen LogP contribution in [0.1, 0.15) is 62.5 Å². The molecule has 9 heteroatoms. The van der Waals surface area contributed by atoms with Crippen molar-refractivity contribution in [2.45, 2.75) is 59.8 Å². The number of carboxylic acids is 1. The molecule has 0 saturated carbocycles. The van der Waals surface area contributed by atoms with Gasteiger partial charge in [0.15, 0.2) is 5.71 Å². The summed E-state index contributed by atoms with van der Waals surface area (Å²) in [5.74, 6) is -2.10. The second-order valence-electron chi connectivity index (χ2n) is 13.6. The van der Waals surface area contributed by atoms with Gasteiger partial charge in [-0.2, -0.15) is 0 Å². The van der Waals surface area contributed by atoms with E-state index in [4.69, 9.17) is 5.41 Å². The molecule has 6 aromatic rings. The van der Waals surface area contributed by atoms with Gasteiger partial charge in [0.05, 0.1) is 5.57 Å². The quantitative estimate of drug-likeness (QED) is 0.0651. The van der Waals surface area contributed by atoms with E-state index in [9.17, 15) is 14.7 Å². The fourth-order valence-electron chi connectivity index (χ4n) is 6.25. The number of aliphatic carboxylic acids is 1. The summed E-state index contributed by atoms with van der Waals surface area (Å²) in [6, 6.07) is 36.8. The average Bonchev–Trinajstić information content (AvgIpc) is 4.03. The zero-order valence-corrected chi connectivity index (χ0v) is 36.0. The van der Waals surface area contributed by atoms with Crippen molar-refractivity contribution in [2.75, 3.05) is 16.8 Å². The van der Waals surface area contributed by atoms with E-state index in [1.807, 2.05) is 37.3 Å². The molecular weight excluding hydrogens is 775 g/mol. The summed E-state index contributed by atoms with van der Waals surface area (Å²) in [5.41, 5.74) is 5.99. The molecule has 0 radical (unpaired) electrons. The number of nitrogens with zero attached hydrogens (tertiary/aromatic N) is 1. The number of hydrogen-bond donors (Lipinski definition) is 3. The number of carbonyl (C=O) groups is 2. The van der Waals surface area contributed by atoms with Crippen LogP contribution >= 0.6 is 34.0 Å². The number of benzene rings is 3. The van der Waals surface area contributed by atoms with Crippen LogP contribution in [0.2, 0.25) is 0 Å². The normalized spacial score (nSPS) is 12.1. The summed E-state index contributed by atoms with van der Waals surface area (Å²) in [6.07, 6.45) is 13.3. The smallest absolute Gasteiger partial charge is 0.354 e. The van der Waals surface area contributed by atoms with Gasteiger partial charge < -0.3 is 15.3 Å². The molecule has 0 spiro atoms. The van der Waals surface area contributed by atoms with Gasteiger partial charge in [0.2, 0.25) is 0 Å². The molecule has 1 amide bonds. The summed E-state index contributed by atoms with van der Waals surface area (Å²) in [7, 11) is 0. The van der Waals surface area contributed by atoms with Crippen molar-refractivity contribution < 1.29 is 14.7 Å². The van der Waals surface area contributed by atoms with Gasteiger partial charge in [-0.05, 0) is 117 Å². The third-order valence-electron chi connectivity index (χ3n) is 9.23. The number of amides is 1. The van der Waals surface area contributed by atoms with Gasteiger partial charge in [-0.1, -0.05) is 99.9 Å². The maximum atomic E-state index is 13.0. The lowest BCUT2D eigenvalue weighted by Crippen LogP contribution is -2.25. The predicted molar refractivity (Wildman–Crippen MR) is 252 cm³/mol. The third-order valence-corrected chi connectivity index (χ3v) is 12.9. The summed E-state index contributed by atoms with van der Waals surface area (Å²) < 4.78 is 0. The van der Waals surface area contributed by atoms with Gasteiger partial charge in [-0.3, -0.25) is 10.2 Å². The summed E-state index contributed by atoms with van der Waals surface area (Å²) >= 11 is 4.94. The van der Waals surface area contributed by atoms with Crippen molar-refractivity contribution in [3.05, 3.63) is 156 Å². The van der Waals surface area contributed by atoms with Crippen molar-refractivity contribution in [3.8, 4) is 29.9 Å². The van der Waals surface area contributed by atoms with Crippen molar-refractivity contribution in [2.24, 2.45) is 0 Å². The van der Waals surface area contributed by atoms with Crippen LogP contribution in [-0.2, 0) is 16.0 Å². The Kier molecular flexibility index (Phi) is 16.3. The largest absolute Gasteiger partial charge is 0.477 e. The molecule has 4 heterocycles. The Labute approximate surface area is 355 Å². The van der Waals surface area contributed by atoms with E-state index in [0.29, 0.717) is 10.6 Å². The summed E-state index contributed by atoms with van der Waals surface area (Å²) in [6.45, 7) is 13.0. The maximum absolute atomic E-state index is 13.0. The Morgan fingerprint density at radius 3 is 2.03 bits per heavy atom. The van der Waals surface area contributed by atoms with Gasteiger partial charge >= 0.3 is 5.97 Å². The van der Waals surface area contributed by atoms with Crippen molar-refractivity contribution in [3.63, 3.8) is 0 Å². The number of aryl methyl sites for hydroxylation is 2. The molecule has 7 rings (SSSR count). The molecule has 0 fully saturated rings. The number of carbonyl (C=O) groups excluding carboxylic acids is 1. The number of para-hydroxylation sites is 1. The van der Waals surface area contributed by atoms with E-state index < -0.39 is 17.6 Å².